The second-order valence-electron chi connectivity index (χ2n) is 9.30. The van der Waals surface area contributed by atoms with Gasteiger partial charge in [-0.1, -0.05) is 11.8 Å². The zero-order chi connectivity index (χ0) is 24.7. The van der Waals surface area contributed by atoms with Crippen molar-refractivity contribution in [2.24, 2.45) is 0 Å². The molecule has 0 aromatic heterocycles. The van der Waals surface area contributed by atoms with Crippen molar-refractivity contribution in [3.8, 4) is 17.6 Å². The lowest BCUT2D eigenvalue weighted by Crippen LogP contribution is -2.59. The molecule has 0 spiro atoms. The molecule has 1 heterocycles. The minimum Gasteiger partial charge on any atom is -0.481 e. The van der Waals surface area contributed by atoms with Crippen molar-refractivity contribution in [3.05, 3.63) is 24.3 Å². The zero-order valence-electron chi connectivity index (χ0n) is 20.1. The second kappa shape index (κ2) is 11.6. The van der Waals surface area contributed by atoms with E-state index in [1.165, 1.54) is 16.4 Å². The standard InChI is InChI=1S/C24H35NO6S2/c1-23(2,3)31-22(27)21-24(4,5)32-18-15-25(21)33(28,29)20-13-11-19(12-14-20)30-17-10-8-6-7-9-16-26/h11-14,21,26H,6-7,9,15-18H2,1-5H3/t21-/m0/s1. The molecule has 0 saturated carbocycles. The summed E-state index contributed by atoms with van der Waals surface area (Å²) in [6.45, 7) is 9.64. The van der Waals surface area contributed by atoms with Gasteiger partial charge in [-0.15, -0.1) is 0 Å². The maximum Gasteiger partial charge on any atom is 0.326 e. The molecule has 9 heteroatoms. The average Bonchev–Trinajstić information content (AvgIpc) is 2.71. The van der Waals surface area contributed by atoms with E-state index in [0.29, 0.717) is 17.9 Å². The van der Waals surface area contributed by atoms with Crippen LogP contribution in [0.25, 0.3) is 0 Å². The molecule has 184 valence electrons. The minimum atomic E-state index is -3.92. The van der Waals surface area contributed by atoms with Crippen LogP contribution in [0.4, 0.5) is 0 Å². The van der Waals surface area contributed by atoms with Crippen LogP contribution in [0.5, 0.6) is 5.75 Å². The van der Waals surface area contributed by atoms with E-state index in [2.05, 4.69) is 11.8 Å². The van der Waals surface area contributed by atoms with Crippen molar-refractivity contribution in [1.82, 2.24) is 4.31 Å². The number of carbonyl (C=O) groups excluding carboxylic acids is 1. The van der Waals surface area contributed by atoms with Crippen LogP contribution in [0.1, 0.15) is 53.9 Å². The van der Waals surface area contributed by atoms with Gasteiger partial charge in [-0.3, -0.25) is 4.79 Å². The van der Waals surface area contributed by atoms with Crippen molar-refractivity contribution < 1.29 is 27.8 Å². The smallest absolute Gasteiger partial charge is 0.326 e. The third-order valence-corrected chi connectivity index (χ3v) is 8.17. The normalized spacial score (nSPS) is 18.8. The first-order chi connectivity index (χ1) is 15.4. The molecule has 0 radical (unpaired) electrons. The van der Waals surface area contributed by atoms with Crippen molar-refractivity contribution in [1.29, 1.82) is 0 Å². The zero-order valence-corrected chi connectivity index (χ0v) is 21.7. The second-order valence-corrected chi connectivity index (χ2v) is 12.9. The Labute approximate surface area is 202 Å². The molecule has 1 saturated heterocycles. The molecule has 1 atom stereocenters. The van der Waals surface area contributed by atoms with Gasteiger partial charge in [-0.2, -0.15) is 16.1 Å². The third-order valence-electron chi connectivity index (χ3n) is 4.94. The number of carbonyl (C=O) groups is 1. The van der Waals surface area contributed by atoms with Crippen LogP contribution in [0.15, 0.2) is 29.2 Å². The van der Waals surface area contributed by atoms with E-state index in [-0.39, 0.29) is 24.7 Å². The first kappa shape index (κ1) is 27.5. The quantitative estimate of drug-likeness (QED) is 0.334. The minimum absolute atomic E-state index is 0.0983. The molecule has 0 amide bonds. The lowest BCUT2D eigenvalue weighted by atomic mass is 10.0. The van der Waals surface area contributed by atoms with E-state index in [1.54, 1.807) is 44.7 Å². The Kier molecular flexibility index (Phi) is 9.68. The van der Waals surface area contributed by atoms with Gasteiger partial charge in [0.05, 0.1) is 4.90 Å². The van der Waals surface area contributed by atoms with E-state index in [1.807, 2.05) is 13.8 Å². The first-order valence-electron chi connectivity index (χ1n) is 11.1. The highest BCUT2D eigenvalue weighted by Crippen LogP contribution is 2.39. The van der Waals surface area contributed by atoms with Gasteiger partial charge in [0.2, 0.25) is 10.0 Å². The largest absolute Gasteiger partial charge is 0.481 e. The van der Waals surface area contributed by atoms with E-state index < -0.39 is 32.4 Å². The number of esters is 1. The van der Waals surface area contributed by atoms with Gasteiger partial charge in [0.1, 0.15) is 24.0 Å². The number of unbranched alkanes of at least 4 members (excludes halogenated alkanes) is 2. The number of hydrogen-bond donors (Lipinski definition) is 1. The Morgan fingerprint density at radius 2 is 1.88 bits per heavy atom. The van der Waals surface area contributed by atoms with Gasteiger partial charge < -0.3 is 14.6 Å². The first-order valence-corrected chi connectivity index (χ1v) is 13.5. The number of rotatable bonds is 8. The maximum absolute atomic E-state index is 13.5. The number of nitrogens with zero attached hydrogens (tertiary/aromatic N) is 1. The predicted octanol–water partition coefficient (Wildman–Crippen LogP) is 3.46. The van der Waals surface area contributed by atoms with Crippen LogP contribution in [0, 0.1) is 11.8 Å². The predicted molar refractivity (Wildman–Crippen MR) is 131 cm³/mol. The molecule has 7 nitrogen and oxygen atoms in total. The highest BCUT2D eigenvalue weighted by Gasteiger charge is 2.49. The number of benzene rings is 1. The number of hydrogen-bond acceptors (Lipinski definition) is 7. The Hall–Kier alpha value is -1.73. The maximum atomic E-state index is 13.5. The van der Waals surface area contributed by atoms with Gasteiger partial charge in [0.25, 0.3) is 0 Å². The molecule has 1 aromatic carbocycles. The summed E-state index contributed by atoms with van der Waals surface area (Å²) >= 11 is 1.57. The Morgan fingerprint density at radius 1 is 1.21 bits per heavy atom. The molecule has 2 rings (SSSR count). The van der Waals surface area contributed by atoms with Gasteiger partial charge in [0.15, 0.2) is 0 Å². The fourth-order valence-corrected chi connectivity index (χ4v) is 6.49. The topological polar surface area (TPSA) is 93.1 Å². The third kappa shape index (κ3) is 7.92. The van der Waals surface area contributed by atoms with Gasteiger partial charge in [0, 0.05) is 30.1 Å². The number of aliphatic hydroxyl groups is 1. The summed E-state index contributed by atoms with van der Waals surface area (Å²) in [5.74, 6) is 6.43. The van der Waals surface area contributed by atoms with E-state index in [4.69, 9.17) is 14.6 Å². The lowest BCUT2D eigenvalue weighted by molar-refractivity contribution is -0.160. The molecule has 1 aliphatic rings. The van der Waals surface area contributed by atoms with Gasteiger partial charge in [-0.05, 0) is 71.7 Å². The van der Waals surface area contributed by atoms with Gasteiger partial charge >= 0.3 is 5.97 Å². The molecule has 33 heavy (non-hydrogen) atoms. The molecule has 0 aliphatic carbocycles. The molecule has 1 N–H and O–H groups in total. The van der Waals surface area contributed by atoms with Crippen molar-refractivity contribution in [2.45, 2.75) is 75.2 Å². The van der Waals surface area contributed by atoms with Crippen LogP contribution < -0.4 is 4.74 Å². The van der Waals surface area contributed by atoms with Crippen LogP contribution in [-0.4, -0.2) is 65.7 Å². The van der Waals surface area contributed by atoms with Crippen molar-refractivity contribution in [2.75, 3.05) is 25.5 Å². The molecule has 1 fully saturated rings. The molecule has 0 unspecified atom stereocenters. The Bertz CT molecular complexity index is 955. The number of sulfonamides is 1. The highest BCUT2D eigenvalue weighted by molar-refractivity contribution is 8.00. The van der Waals surface area contributed by atoms with Gasteiger partial charge in [-0.25, -0.2) is 8.42 Å². The monoisotopic (exact) mass is 497 g/mol. The molecule has 1 aliphatic heterocycles. The lowest BCUT2D eigenvalue weighted by Gasteiger charge is -2.44. The SMILES string of the molecule is CC(C)(C)OC(=O)[C@@H]1N(S(=O)(=O)c2ccc(OCC#CCCCCO)cc2)CCSC1(C)C. The van der Waals surface area contributed by atoms with Crippen LogP contribution >= 0.6 is 11.8 Å². The molecule has 0 bridgehead atoms. The highest BCUT2D eigenvalue weighted by atomic mass is 32.2. The summed E-state index contributed by atoms with van der Waals surface area (Å²) in [7, 11) is -3.92. The molecular formula is C24H35NO6S2. The average molecular weight is 498 g/mol. The summed E-state index contributed by atoms with van der Waals surface area (Å²) in [5.41, 5.74) is -0.717. The number of thioether (sulfide) groups is 1. The van der Waals surface area contributed by atoms with Crippen molar-refractivity contribution >= 4 is 27.8 Å². The summed E-state index contributed by atoms with van der Waals surface area (Å²) in [6.07, 6.45) is 2.27. The summed E-state index contributed by atoms with van der Waals surface area (Å²) in [5, 5.41) is 8.75. The fourth-order valence-electron chi connectivity index (χ4n) is 3.40. The molecular weight excluding hydrogens is 462 g/mol. The van der Waals surface area contributed by atoms with Crippen molar-refractivity contribution in [3.63, 3.8) is 0 Å². The van der Waals surface area contributed by atoms with E-state index in [9.17, 15) is 13.2 Å². The summed E-state index contributed by atoms with van der Waals surface area (Å²) in [4.78, 5) is 13.1. The Morgan fingerprint density at radius 3 is 2.48 bits per heavy atom. The summed E-state index contributed by atoms with van der Waals surface area (Å²) in [6, 6.07) is 5.22. The van der Waals surface area contributed by atoms with E-state index >= 15 is 0 Å². The van der Waals surface area contributed by atoms with E-state index in [0.717, 1.165) is 12.8 Å². The van der Waals surface area contributed by atoms with Crippen LogP contribution in [0.2, 0.25) is 0 Å². The summed E-state index contributed by atoms with van der Waals surface area (Å²) < 4.78 is 38.7. The van der Waals surface area contributed by atoms with Crippen LogP contribution in [0.3, 0.4) is 0 Å². The number of ether oxygens (including phenoxy) is 2. The van der Waals surface area contributed by atoms with Crippen LogP contribution in [-0.2, 0) is 19.6 Å². The Balaban J connectivity index is 2.15. The number of aliphatic hydroxyl groups excluding tert-OH is 1. The fraction of sp³-hybridized carbons (Fsp3) is 0.625. The molecule has 1 aromatic rings.